The van der Waals surface area contributed by atoms with Crippen LogP contribution in [-0.2, 0) is 26.1 Å². The van der Waals surface area contributed by atoms with E-state index < -0.39 is 27.7 Å². The van der Waals surface area contributed by atoms with Gasteiger partial charge in [-0.15, -0.1) is 0 Å². The molecule has 1 aromatic carbocycles. The van der Waals surface area contributed by atoms with Gasteiger partial charge in [0.1, 0.15) is 5.82 Å². The first kappa shape index (κ1) is 19.6. The average molecular weight is 363 g/mol. The molecule has 9 heteroatoms. The van der Waals surface area contributed by atoms with Crippen LogP contribution < -0.4 is 5.32 Å². The van der Waals surface area contributed by atoms with Crippen molar-refractivity contribution in [2.24, 2.45) is 5.92 Å². The van der Waals surface area contributed by atoms with Crippen LogP contribution in [0.2, 0.25) is 0 Å². The molecule has 1 amide bonds. The Hall–Kier alpha value is -1.45. The normalized spacial score (nSPS) is 12.7. The number of hydrogen-bond donors (Lipinski definition) is 2. The van der Waals surface area contributed by atoms with Crippen molar-refractivity contribution in [3.8, 4) is 0 Å². The van der Waals surface area contributed by atoms with Crippen molar-refractivity contribution in [3.63, 3.8) is 0 Å². The monoisotopic (exact) mass is 363 g/mol. The Morgan fingerprint density at radius 3 is 2.43 bits per heavy atom. The third-order valence-electron chi connectivity index (χ3n) is 2.91. The zero-order chi connectivity index (χ0) is 17.5. The van der Waals surface area contributed by atoms with E-state index >= 15 is 0 Å². The molecule has 128 valence electrons. The number of thioether (sulfide) groups is 1. The maximum absolute atomic E-state index is 12.9. The molecule has 0 saturated heterocycles. The molecule has 0 bridgehead atoms. The highest BCUT2D eigenvalue weighted by molar-refractivity contribution is 8.13. The number of nitrogens with one attached hydrogen (secondary N) is 1. The second kappa shape index (κ2) is 8.99. The molecule has 1 atom stereocenters. The highest BCUT2D eigenvalue weighted by atomic mass is 32.2. The number of carbonyl (C=O) groups is 2. The molecule has 1 unspecified atom stereocenters. The molecule has 6 nitrogen and oxygen atoms in total. The molecule has 0 heterocycles. The van der Waals surface area contributed by atoms with Gasteiger partial charge in [0.2, 0.25) is 5.91 Å². The van der Waals surface area contributed by atoms with Gasteiger partial charge in [-0.3, -0.25) is 14.1 Å². The van der Waals surface area contributed by atoms with E-state index in [1.807, 2.05) is 0 Å². The molecule has 2 N–H and O–H groups in total. The lowest BCUT2D eigenvalue weighted by molar-refractivity contribution is -0.124. The smallest absolute Gasteiger partial charge is 0.266 e. The molecule has 1 rings (SSSR count). The predicted octanol–water partition coefficient (Wildman–Crippen LogP) is 1.27. The number of halogens is 1. The molecule has 0 aliphatic carbocycles. The van der Waals surface area contributed by atoms with Crippen LogP contribution in [0, 0.1) is 11.7 Å². The Kier molecular flexibility index (Phi) is 7.66. The Labute approximate surface area is 138 Å². The molecule has 1 aromatic rings. The standard InChI is InChI=1S/C14H18FNO5S2/c1-10(17)22-9-12(8-11-2-4-13(15)5-3-11)14(18)16-6-7-23(19,20)21/h2-5,12H,6-9H2,1H3,(H,16,18)(H,19,20,21). The summed E-state index contributed by atoms with van der Waals surface area (Å²) in [4.78, 5) is 23.2. The van der Waals surface area contributed by atoms with Gasteiger partial charge in [0.05, 0.1) is 11.7 Å². The Bertz CT molecular complexity index is 646. The summed E-state index contributed by atoms with van der Waals surface area (Å²) in [5.74, 6) is -1.74. The summed E-state index contributed by atoms with van der Waals surface area (Å²) in [5, 5.41) is 2.28. The molecule has 0 saturated carbocycles. The fraction of sp³-hybridized carbons (Fsp3) is 0.429. The van der Waals surface area contributed by atoms with Crippen molar-refractivity contribution >= 4 is 32.9 Å². The molecule has 0 radical (unpaired) electrons. The zero-order valence-corrected chi connectivity index (χ0v) is 14.1. The van der Waals surface area contributed by atoms with Gasteiger partial charge in [-0.2, -0.15) is 8.42 Å². The quantitative estimate of drug-likeness (QED) is 0.675. The van der Waals surface area contributed by atoms with Crippen LogP contribution in [0.15, 0.2) is 24.3 Å². The maximum atomic E-state index is 12.9. The number of benzene rings is 1. The van der Waals surface area contributed by atoms with Gasteiger partial charge in [-0.25, -0.2) is 4.39 Å². The van der Waals surface area contributed by atoms with E-state index in [1.54, 1.807) is 12.1 Å². The van der Waals surface area contributed by atoms with Crippen LogP contribution in [0.4, 0.5) is 4.39 Å². The lowest BCUT2D eigenvalue weighted by Crippen LogP contribution is -2.36. The van der Waals surface area contributed by atoms with Crippen LogP contribution in [-0.4, -0.2) is 42.0 Å². The molecule has 0 aliphatic rings. The second-order valence-electron chi connectivity index (χ2n) is 4.91. The molecule has 0 aromatic heterocycles. The molecule has 23 heavy (non-hydrogen) atoms. The molecule has 0 spiro atoms. The Morgan fingerprint density at radius 2 is 1.91 bits per heavy atom. The van der Waals surface area contributed by atoms with Crippen molar-refractivity contribution in [2.45, 2.75) is 13.3 Å². The number of carbonyl (C=O) groups excluding carboxylic acids is 2. The lowest BCUT2D eigenvalue weighted by Gasteiger charge is -2.16. The zero-order valence-electron chi connectivity index (χ0n) is 12.5. The van der Waals surface area contributed by atoms with Gasteiger partial charge in [0.15, 0.2) is 5.12 Å². The summed E-state index contributed by atoms with van der Waals surface area (Å²) >= 11 is 0.988. The van der Waals surface area contributed by atoms with Crippen LogP contribution >= 0.6 is 11.8 Å². The van der Waals surface area contributed by atoms with E-state index in [0.717, 1.165) is 17.3 Å². The summed E-state index contributed by atoms with van der Waals surface area (Å²) < 4.78 is 42.8. The largest absolute Gasteiger partial charge is 0.355 e. The van der Waals surface area contributed by atoms with Crippen molar-refractivity contribution in [1.29, 1.82) is 0 Å². The van der Waals surface area contributed by atoms with E-state index in [4.69, 9.17) is 4.55 Å². The van der Waals surface area contributed by atoms with Crippen molar-refractivity contribution in [3.05, 3.63) is 35.6 Å². The van der Waals surface area contributed by atoms with Gasteiger partial charge in [0.25, 0.3) is 10.1 Å². The fourth-order valence-corrected chi connectivity index (χ4v) is 2.86. The minimum Gasteiger partial charge on any atom is -0.355 e. The van der Waals surface area contributed by atoms with E-state index in [0.29, 0.717) is 0 Å². The third kappa shape index (κ3) is 8.68. The van der Waals surface area contributed by atoms with Gasteiger partial charge in [0, 0.05) is 19.2 Å². The summed E-state index contributed by atoms with van der Waals surface area (Å²) in [6, 6.07) is 5.65. The third-order valence-corrected chi connectivity index (χ3v) is 4.61. The number of hydrogen-bond acceptors (Lipinski definition) is 5. The highest BCUT2D eigenvalue weighted by Gasteiger charge is 2.20. The minimum absolute atomic E-state index is 0.139. The van der Waals surface area contributed by atoms with Crippen LogP contribution in [0.5, 0.6) is 0 Å². The van der Waals surface area contributed by atoms with E-state index in [1.165, 1.54) is 19.1 Å². The van der Waals surface area contributed by atoms with Gasteiger partial charge in [-0.1, -0.05) is 23.9 Å². The highest BCUT2D eigenvalue weighted by Crippen LogP contribution is 2.16. The Morgan fingerprint density at radius 1 is 1.30 bits per heavy atom. The summed E-state index contributed by atoms with van der Waals surface area (Å²) in [7, 11) is -4.15. The van der Waals surface area contributed by atoms with Crippen molar-refractivity contribution in [2.75, 3.05) is 18.1 Å². The topological polar surface area (TPSA) is 101 Å². The van der Waals surface area contributed by atoms with E-state index in [-0.39, 0.29) is 29.7 Å². The Balaban J connectivity index is 2.68. The maximum Gasteiger partial charge on any atom is 0.266 e. The first-order chi connectivity index (χ1) is 10.7. The van der Waals surface area contributed by atoms with Crippen LogP contribution in [0.3, 0.4) is 0 Å². The van der Waals surface area contributed by atoms with Gasteiger partial charge >= 0.3 is 0 Å². The van der Waals surface area contributed by atoms with Crippen LogP contribution in [0.25, 0.3) is 0 Å². The summed E-state index contributed by atoms with van der Waals surface area (Å²) in [6.07, 6.45) is 0.290. The van der Waals surface area contributed by atoms with E-state index in [9.17, 15) is 22.4 Å². The first-order valence-corrected chi connectivity index (χ1v) is 9.37. The molecular formula is C14H18FNO5S2. The molecule has 0 fully saturated rings. The van der Waals surface area contributed by atoms with E-state index in [2.05, 4.69) is 5.32 Å². The summed E-state index contributed by atoms with van der Waals surface area (Å²) in [5.41, 5.74) is 0.727. The second-order valence-corrected chi connectivity index (χ2v) is 7.68. The van der Waals surface area contributed by atoms with Gasteiger partial charge < -0.3 is 5.32 Å². The average Bonchev–Trinajstić information content (AvgIpc) is 2.43. The van der Waals surface area contributed by atoms with Crippen molar-refractivity contribution in [1.82, 2.24) is 5.32 Å². The van der Waals surface area contributed by atoms with Crippen LogP contribution in [0.1, 0.15) is 12.5 Å². The molecular weight excluding hydrogens is 345 g/mol. The SMILES string of the molecule is CC(=O)SCC(Cc1ccc(F)cc1)C(=O)NCCS(=O)(=O)O. The number of amides is 1. The number of rotatable bonds is 8. The lowest BCUT2D eigenvalue weighted by atomic mass is 10.00. The minimum atomic E-state index is -4.15. The first-order valence-electron chi connectivity index (χ1n) is 6.78. The fourth-order valence-electron chi connectivity index (χ4n) is 1.80. The summed E-state index contributed by atoms with van der Waals surface area (Å²) in [6.45, 7) is 1.16. The van der Waals surface area contributed by atoms with Gasteiger partial charge in [-0.05, 0) is 24.1 Å². The molecule has 0 aliphatic heterocycles. The van der Waals surface area contributed by atoms with Crippen molar-refractivity contribution < 1.29 is 27.0 Å². The predicted molar refractivity (Wildman–Crippen MR) is 86.2 cm³/mol.